The summed E-state index contributed by atoms with van der Waals surface area (Å²) in [4.78, 5) is 15.1. The predicted molar refractivity (Wildman–Crippen MR) is 83.0 cm³/mol. The van der Waals surface area contributed by atoms with E-state index in [1.807, 2.05) is 0 Å². The van der Waals surface area contributed by atoms with E-state index in [1.165, 1.54) is 44.9 Å². The van der Waals surface area contributed by atoms with Crippen LogP contribution in [0.1, 0.15) is 57.8 Å². The summed E-state index contributed by atoms with van der Waals surface area (Å²) in [5, 5.41) is 0.231. The maximum atomic E-state index is 6.05. The molecule has 0 atom stereocenters. The standard InChI is InChI=1S/C15H23ClN4O/c16-13-17-14(20-10-6-3-7-11-20)19-15(18-13)21-12-8-4-1-2-5-9-12/h12H,1-11H2. The van der Waals surface area contributed by atoms with Crippen molar-refractivity contribution in [2.75, 3.05) is 18.0 Å². The van der Waals surface area contributed by atoms with Gasteiger partial charge in [-0.05, 0) is 56.5 Å². The molecule has 1 aliphatic carbocycles. The highest BCUT2D eigenvalue weighted by atomic mass is 35.5. The van der Waals surface area contributed by atoms with Crippen molar-refractivity contribution in [3.8, 4) is 6.01 Å². The average molecular weight is 311 g/mol. The molecule has 5 nitrogen and oxygen atoms in total. The van der Waals surface area contributed by atoms with Crippen molar-refractivity contribution in [1.29, 1.82) is 0 Å². The molecule has 0 amide bonds. The molecule has 116 valence electrons. The molecule has 1 aliphatic heterocycles. The summed E-state index contributed by atoms with van der Waals surface area (Å²) >= 11 is 6.05. The van der Waals surface area contributed by atoms with Crippen molar-refractivity contribution >= 4 is 17.5 Å². The van der Waals surface area contributed by atoms with Gasteiger partial charge >= 0.3 is 6.01 Å². The lowest BCUT2D eigenvalue weighted by atomic mass is 10.1. The van der Waals surface area contributed by atoms with Crippen molar-refractivity contribution < 1.29 is 4.74 Å². The number of hydrogen-bond donors (Lipinski definition) is 0. The van der Waals surface area contributed by atoms with E-state index in [1.54, 1.807) is 0 Å². The molecule has 2 fully saturated rings. The van der Waals surface area contributed by atoms with E-state index in [4.69, 9.17) is 16.3 Å². The Hall–Kier alpha value is -1.10. The van der Waals surface area contributed by atoms with Crippen LogP contribution in [0.5, 0.6) is 6.01 Å². The number of rotatable bonds is 3. The van der Waals surface area contributed by atoms with Gasteiger partial charge in [0.15, 0.2) is 0 Å². The minimum Gasteiger partial charge on any atom is -0.460 e. The fourth-order valence-electron chi connectivity index (χ4n) is 3.12. The second-order valence-corrected chi connectivity index (χ2v) is 6.30. The Labute approximate surface area is 131 Å². The Morgan fingerprint density at radius 3 is 2.24 bits per heavy atom. The van der Waals surface area contributed by atoms with Crippen LogP contribution >= 0.6 is 11.6 Å². The second-order valence-electron chi connectivity index (χ2n) is 5.97. The Kier molecular flexibility index (Phi) is 5.12. The second kappa shape index (κ2) is 7.25. The molecule has 0 aromatic carbocycles. The van der Waals surface area contributed by atoms with Gasteiger partial charge < -0.3 is 9.64 Å². The zero-order valence-corrected chi connectivity index (χ0v) is 13.2. The van der Waals surface area contributed by atoms with Crippen molar-refractivity contribution in [2.45, 2.75) is 63.9 Å². The molecule has 0 spiro atoms. The molecule has 3 rings (SSSR count). The van der Waals surface area contributed by atoms with E-state index >= 15 is 0 Å². The van der Waals surface area contributed by atoms with Gasteiger partial charge in [-0.25, -0.2) is 0 Å². The molecule has 0 N–H and O–H groups in total. The monoisotopic (exact) mass is 310 g/mol. The average Bonchev–Trinajstić information content (AvgIpc) is 2.76. The number of ether oxygens (including phenoxy) is 1. The van der Waals surface area contributed by atoms with Crippen LogP contribution < -0.4 is 9.64 Å². The molecule has 1 saturated heterocycles. The topological polar surface area (TPSA) is 51.1 Å². The number of aromatic nitrogens is 3. The van der Waals surface area contributed by atoms with Gasteiger partial charge in [0.05, 0.1) is 0 Å². The quantitative estimate of drug-likeness (QED) is 0.798. The van der Waals surface area contributed by atoms with Gasteiger partial charge in [0.25, 0.3) is 0 Å². The van der Waals surface area contributed by atoms with Crippen LogP contribution in [-0.2, 0) is 0 Å². The van der Waals surface area contributed by atoms with E-state index in [9.17, 15) is 0 Å². The Morgan fingerprint density at radius 2 is 1.52 bits per heavy atom. The third-order valence-electron chi connectivity index (χ3n) is 4.29. The predicted octanol–water partition coefficient (Wildman–Crippen LogP) is 3.62. The molecule has 1 saturated carbocycles. The smallest absolute Gasteiger partial charge is 0.322 e. The van der Waals surface area contributed by atoms with Crippen LogP contribution in [0.15, 0.2) is 0 Å². The van der Waals surface area contributed by atoms with Crippen molar-refractivity contribution in [3.63, 3.8) is 0 Å². The SMILES string of the molecule is Clc1nc(OC2CCCCCC2)nc(N2CCCCC2)n1. The number of hydrogen-bond acceptors (Lipinski definition) is 5. The maximum absolute atomic E-state index is 6.05. The van der Waals surface area contributed by atoms with Crippen LogP contribution in [0.3, 0.4) is 0 Å². The third kappa shape index (κ3) is 4.19. The largest absolute Gasteiger partial charge is 0.460 e. The number of piperidine rings is 1. The molecular weight excluding hydrogens is 288 g/mol. The lowest BCUT2D eigenvalue weighted by molar-refractivity contribution is 0.167. The van der Waals surface area contributed by atoms with Crippen LogP contribution in [0.25, 0.3) is 0 Å². The molecule has 0 radical (unpaired) electrons. The lowest BCUT2D eigenvalue weighted by Gasteiger charge is -2.26. The summed E-state index contributed by atoms with van der Waals surface area (Å²) in [6, 6.07) is 0.391. The highest BCUT2D eigenvalue weighted by Crippen LogP contribution is 2.23. The van der Waals surface area contributed by atoms with Crippen LogP contribution in [-0.4, -0.2) is 34.1 Å². The van der Waals surface area contributed by atoms with Crippen LogP contribution in [0, 0.1) is 0 Å². The Balaban J connectivity index is 1.70. The van der Waals surface area contributed by atoms with Crippen molar-refractivity contribution in [1.82, 2.24) is 15.0 Å². The zero-order valence-electron chi connectivity index (χ0n) is 12.4. The van der Waals surface area contributed by atoms with Crippen molar-refractivity contribution in [2.24, 2.45) is 0 Å². The minimum atomic E-state index is 0.222. The minimum absolute atomic E-state index is 0.222. The van der Waals surface area contributed by atoms with Gasteiger partial charge in [0.2, 0.25) is 11.2 Å². The molecular formula is C15H23ClN4O. The summed E-state index contributed by atoms with van der Waals surface area (Å²) in [7, 11) is 0. The van der Waals surface area contributed by atoms with E-state index < -0.39 is 0 Å². The lowest BCUT2D eigenvalue weighted by Crippen LogP contribution is -2.31. The molecule has 1 aromatic heterocycles. The van der Waals surface area contributed by atoms with E-state index in [0.29, 0.717) is 12.0 Å². The molecule has 2 heterocycles. The Bertz CT molecular complexity index is 457. The van der Waals surface area contributed by atoms with Gasteiger partial charge in [-0.1, -0.05) is 12.8 Å². The summed E-state index contributed by atoms with van der Waals surface area (Å²) in [6.45, 7) is 1.98. The van der Waals surface area contributed by atoms with Crippen molar-refractivity contribution in [3.05, 3.63) is 5.28 Å². The van der Waals surface area contributed by atoms with E-state index in [2.05, 4.69) is 19.9 Å². The molecule has 6 heteroatoms. The normalized spacial score (nSPS) is 21.1. The maximum Gasteiger partial charge on any atom is 0.322 e. The van der Waals surface area contributed by atoms with Crippen LogP contribution in [0.4, 0.5) is 5.95 Å². The fourth-order valence-corrected chi connectivity index (χ4v) is 3.27. The van der Waals surface area contributed by atoms with E-state index in [-0.39, 0.29) is 11.4 Å². The number of anilines is 1. The highest BCUT2D eigenvalue weighted by molar-refractivity contribution is 6.28. The summed E-state index contributed by atoms with van der Waals surface area (Å²) in [5.41, 5.74) is 0. The molecule has 2 aliphatic rings. The summed E-state index contributed by atoms with van der Waals surface area (Å²) in [6.07, 6.45) is 11.1. The molecule has 21 heavy (non-hydrogen) atoms. The first-order valence-electron chi connectivity index (χ1n) is 8.14. The molecule has 0 bridgehead atoms. The molecule has 0 unspecified atom stereocenters. The summed E-state index contributed by atoms with van der Waals surface area (Å²) in [5.74, 6) is 0.665. The van der Waals surface area contributed by atoms with E-state index in [0.717, 1.165) is 25.9 Å². The van der Waals surface area contributed by atoms with Gasteiger partial charge in [-0.3, -0.25) is 0 Å². The fraction of sp³-hybridized carbons (Fsp3) is 0.800. The molecule has 1 aromatic rings. The first-order valence-corrected chi connectivity index (χ1v) is 8.52. The number of nitrogens with zero attached hydrogens (tertiary/aromatic N) is 4. The van der Waals surface area contributed by atoms with Gasteiger partial charge in [0.1, 0.15) is 6.10 Å². The van der Waals surface area contributed by atoms with Crippen LogP contribution in [0.2, 0.25) is 5.28 Å². The first kappa shape index (κ1) is 14.8. The summed E-state index contributed by atoms with van der Waals surface area (Å²) < 4.78 is 5.97. The third-order valence-corrected chi connectivity index (χ3v) is 4.46. The first-order chi connectivity index (χ1) is 10.3. The van der Waals surface area contributed by atoms with Gasteiger partial charge in [0, 0.05) is 13.1 Å². The zero-order chi connectivity index (χ0) is 14.5. The number of halogens is 1. The van der Waals surface area contributed by atoms with Gasteiger partial charge in [-0.2, -0.15) is 15.0 Å². The highest BCUT2D eigenvalue weighted by Gasteiger charge is 2.19. The Morgan fingerprint density at radius 1 is 0.857 bits per heavy atom. The van der Waals surface area contributed by atoms with Gasteiger partial charge in [-0.15, -0.1) is 0 Å².